The fourth-order valence-electron chi connectivity index (χ4n) is 2.76. The number of nitrogens with one attached hydrogen (secondary N) is 2. The number of rotatable bonds is 5. The number of hydrogen-bond donors (Lipinski definition) is 2. The molecule has 0 aliphatic carbocycles. The molecule has 1 unspecified atom stereocenters. The van der Waals surface area contributed by atoms with Crippen LogP contribution in [0.1, 0.15) is 75.3 Å². The minimum absolute atomic E-state index is 0.0631. The number of aromatic amines is 1. The number of aromatic nitrogens is 5. The van der Waals surface area contributed by atoms with Crippen LogP contribution in [-0.4, -0.2) is 25.1 Å². The van der Waals surface area contributed by atoms with Crippen molar-refractivity contribution in [2.45, 2.75) is 58.9 Å². The summed E-state index contributed by atoms with van der Waals surface area (Å²) in [5.74, 6) is 3.35. The van der Waals surface area contributed by atoms with E-state index in [4.69, 9.17) is 9.97 Å². The molecule has 0 saturated heterocycles. The van der Waals surface area contributed by atoms with Gasteiger partial charge in [-0.25, -0.2) is 15.0 Å². The maximum absolute atomic E-state index is 4.77. The van der Waals surface area contributed by atoms with E-state index in [1.165, 1.54) is 0 Å². The van der Waals surface area contributed by atoms with Crippen LogP contribution < -0.4 is 5.32 Å². The lowest BCUT2D eigenvalue weighted by atomic mass is 9.91. The molecule has 0 fully saturated rings. The van der Waals surface area contributed by atoms with E-state index in [-0.39, 0.29) is 17.4 Å². The summed E-state index contributed by atoms with van der Waals surface area (Å²) in [7, 11) is 0. The Morgan fingerprint density at radius 2 is 1.67 bits per heavy atom. The molecule has 0 amide bonds. The summed E-state index contributed by atoms with van der Waals surface area (Å²) in [5.41, 5.74) is 2.03. The van der Waals surface area contributed by atoms with Gasteiger partial charge < -0.3 is 5.32 Å². The van der Waals surface area contributed by atoms with Crippen LogP contribution in [0.2, 0.25) is 0 Å². The van der Waals surface area contributed by atoms with Gasteiger partial charge in [0.05, 0.1) is 5.69 Å². The molecule has 2 N–H and O–H groups in total. The van der Waals surface area contributed by atoms with Crippen LogP contribution in [0.5, 0.6) is 0 Å². The summed E-state index contributed by atoms with van der Waals surface area (Å²) in [6, 6.07) is 12.0. The van der Waals surface area contributed by atoms with Crippen molar-refractivity contribution in [1.29, 1.82) is 0 Å². The minimum Gasteiger partial charge on any atom is -0.356 e. The highest BCUT2D eigenvalue weighted by Gasteiger charge is 2.23. The molecule has 0 bridgehead atoms. The topological polar surface area (TPSA) is 79.4 Å². The van der Waals surface area contributed by atoms with Gasteiger partial charge in [0.25, 0.3) is 0 Å². The highest BCUT2D eigenvalue weighted by Crippen LogP contribution is 2.28. The molecule has 0 radical (unpaired) electrons. The number of benzene rings is 1. The van der Waals surface area contributed by atoms with Gasteiger partial charge in [-0.1, -0.05) is 65.0 Å². The van der Waals surface area contributed by atoms with Crippen LogP contribution in [0.15, 0.2) is 36.4 Å². The van der Waals surface area contributed by atoms with Crippen LogP contribution in [0.25, 0.3) is 0 Å². The predicted molar refractivity (Wildman–Crippen MR) is 108 cm³/mol. The van der Waals surface area contributed by atoms with E-state index in [1.54, 1.807) is 0 Å². The molecule has 3 aromatic rings. The molecule has 3 rings (SSSR count). The first-order chi connectivity index (χ1) is 12.7. The second kappa shape index (κ2) is 7.47. The van der Waals surface area contributed by atoms with E-state index in [0.717, 1.165) is 28.7 Å². The first-order valence-electron chi connectivity index (χ1n) is 9.34. The number of aryl methyl sites for hydroxylation is 1. The fourth-order valence-corrected chi connectivity index (χ4v) is 2.76. The standard InChI is InChI=1S/C21H28N6/c1-13(2)19-23-16(21(4,5)6)12-17(25-19)24-18(15-10-8-7-9-11-15)20-22-14(3)26-27-20/h7-13,18H,1-6H3,(H,22,26,27)(H,23,24,25). The summed E-state index contributed by atoms with van der Waals surface area (Å²) < 4.78 is 0. The van der Waals surface area contributed by atoms with E-state index >= 15 is 0 Å². The molecule has 27 heavy (non-hydrogen) atoms. The molecular weight excluding hydrogens is 336 g/mol. The zero-order valence-electron chi connectivity index (χ0n) is 16.9. The van der Waals surface area contributed by atoms with Crippen molar-refractivity contribution in [3.05, 3.63) is 65.1 Å². The van der Waals surface area contributed by atoms with Crippen molar-refractivity contribution in [3.63, 3.8) is 0 Å². The van der Waals surface area contributed by atoms with Crippen molar-refractivity contribution >= 4 is 5.82 Å². The lowest BCUT2D eigenvalue weighted by Gasteiger charge is -2.22. The maximum atomic E-state index is 4.77. The molecule has 0 saturated carbocycles. The maximum Gasteiger partial charge on any atom is 0.177 e. The average molecular weight is 364 g/mol. The normalized spacial score (nSPS) is 13.0. The third-order valence-electron chi connectivity index (χ3n) is 4.33. The summed E-state index contributed by atoms with van der Waals surface area (Å²) >= 11 is 0. The zero-order valence-corrected chi connectivity index (χ0v) is 16.9. The van der Waals surface area contributed by atoms with E-state index in [1.807, 2.05) is 31.2 Å². The van der Waals surface area contributed by atoms with E-state index in [0.29, 0.717) is 5.82 Å². The number of H-pyrrole nitrogens is 1. The molecule has 6 heteroatoms. The minimum atomic E-state index is -0.195. The van der Waals surface area contributed by atoms with Crippen molar-refractivity contribution in [2.75, 3.05) is 5.32 Å². The number of anilines is 1. The molecule has 2 aromatic heterocycles. The lowest BCUT2D eigenvalue weighted by Crippen LogP contribution is -2.20. The molecule has 2 heterocycles. The Labute approximate surface area is 160 Å². The van der Waals surface area contributed by atoms with Crippen molar-refractivity contribution in [2.24, 2.45) is 0 Å². The summed E-state index contributed by atoms with van der Waals surface area (Å²) in [4.78, 5) is 14.1. The second-order valence-corrected chi connectivity index (χ2v) is 8.17. The van der Waals surface area contributed by atoms with E-state index < -0.39 is 0 Å². The van der Waals surface area contributed by atoms with Crippen LogP contribution in [0.4, 0.5) is 5.82 Å². The SMILES string of the molecule is Cc1nc(C(Nc2cc(C(C)(C)C)nc(C(C)C)n2)c2ccccc2)n[nH]1. The van der Waals surface area contributed by atoms with Gasteiger partial charge in [0.2, 0.25) is 0 Å². The Kier molecular flexibility index (Phi) is 5.26. The van der Waals surface area contributed by atoms with Crippen molar-refractivity contribution in [3.8, 4) is 0 Å². The van der Waals surface area contributed by atoms with Gasteiger partial charge >= 0.3 is 0 Å². The van der Waals surface area contributed by atoms with Crippen LogP contribution in [0.3, 0.4) is 0 Å². The monoisotopic (exact) mass is 364 g/mol. The Hall–Kier alpha value is -2.76. The third-order valence-corrected chi connectivity index (χ3v) is 4.33. The predicted octanol–water partition coefficient (Wildman–Crippen LogP) is 4.53. The molecule has 0 aliphatic rings. The van der Waals surface area contributed by atoms with Gasteiger partial charge in [0, 0.05) is 17.4 Å². The van der Waals surface area contributed by atoms with Crippen LogP contribution in [0, 0.1) is 6.92 Å². The first kappa shape index (κ1) is 19.0. The Balaban J connectivity index is 2.04. The Morgan fingerprint density at radius 1 is 0.963 bits per heavy atom. The van der Waals surface area contributed by atoms with Gasteiger partial charge in [-0.2, -0.15) is 5.10 Å². The molecule has 0 spiro atoms. The smallest absolute Gasteiger partial charge is 0.177 e. The summed E-state index contributed by atoms with van der Waals surface area (Å²) in [5, 5.41) is 10.8. The lowest BCUT2D eigenvalue weighted by molar-refractivity contribution is 0.558. The van der Waals surface area contributed by atoms with Crippen LogP contribution in [-0.2, 0) is 5.41 Å². The van der Waals surface area contributed by atoms with Gasteiger partial charge in [0.1, 0.15) is 23.5 Å². The van der Waals surface area contributed by atoms with Gasteiger partial charge in [-0.15, -0.1) is 0 Å². The molecule has 1 atom stereocenters. The summed E-state index contributed by atoms with van der Waals surface area (Å²) in [6.45, 7) is 12.6. The summed E-state index contributed by atoms with van der Waals surface area (Å²) in [6.07, 6.45) is 0. The Morgan fingerprint density at radius 3 is 2.22 bits per heavy atom. The average Bonchev–Trinajstić information content (AvgIpc) is 3.05. The first-order valence-corrected chi connectivity index (χ1v) is 9.34. The highest BCUT2D eigenvalue weighted by molar-refractivity contribution is 5.44. The van der Waals surface area contributed by atoms with Gasteiger partial charge in [-0.05, 0) is 12.5 Å². The highest BCUT2D eigenvalue weighted by atomic mass is 15.2. The number of nitrogens with zero attached hydrogens (tertiary/aromatic N) is 4. The largest absolute Gasteiger partial charge is 0.356 e. The third kappa shape index (κ3) is 4.51. The number of hydrogen-bond acceptors (Lipinski definition) is 5. The molecule has 6 nitrogen and oxygen atoms in total. The quantitative estimate of drug-likeness (QED) is 0.695. The van der Waals surface area contributed by atoms with Crippen LogP contribution >= 0.6 is 0 Å². The molecule has 0 aliphatic heterocycles. The zero-order chi connectivity index (χ0) is 19.6. The van der Waals surface area contributed by atoms with E-state index in [9.17, 15) is 0 Å². The van der Waals surface area contributed by atoms with E-state index in [2.05, 4.69) is 67.2 Å². The Bertz CT molecular complexity index is 893. The molecule has 142 valence electrons. The fraction of sp³-hybridized carbons (Fsp3) is 0.429. The molecular formula is C21H28N6. The van der Waals surface area contributed by atoms with Crippen molar-refractivity contribution < 1.29 is 0 Å². The second-order valence-electron chi connectivity index (χ2n) is 8.17. The van der Waals surface area contributed by atoms with Crippen molar-refractivity contribution in [1.82, 2.24) is 25.1 Å². The van der Waals surface area contributed by atoms with Gasteiger partial charge in [-0.3, -0.25) is 5.10 Å². The van der Waals surface area contributed by atoms with Gasteiger partial charge in [0.15, 0.2) is 5.82 Å². The molecule has 1 aromatic carbocycles.